The summed E-state index contributed by atoms with van der Waals surface area (Å²) in [5, 5.41) is 1.13. The van der Waals surface area contributed by atoms with Gasteiger partial charge in [0, 0.05) is 13.1 Å². The molecule has 31 heavy (non-hydrogen) atoms. The smallest absolute Gasteiger partial charge is 0.351 e. The summed E-state index contributed by atoms with van der Waals surface area (Å²) in [5.41, 5.74) is 5.56. The Morgan fingerprint density at radius 2 is 1.68 bits per heavy atom. The Labute approximate surface area is 190 Å². The number of aromatic nitrogens is 2. The zero-order chi connectivity index (χ0) is 23.0. The summed E-state index contributed by atoms with van der Waals surface area (Å²) in [6.07, 6.45) is 2.13. The number of fused-ring (bicyclic) bond motifs is 1. The second-order valence-corrected chi connectivity index (χ2v) is 11.4. The Hall–Kier alpha value is -2.07. The fourth-order valence-electron chi connectivity index (χ4n) is 3.18. The molecule has 1 aliphatic rings. The molecular weight excluding hydrogens is 436 g/mol. The quantitative estimate of drug-likeness (QED) is 0.393. The largest absolute Gasteiger partial charge is 0.459 e. The van der Waals surface area contributed by atoms with E-state index in [0.717, 1.165) is 25.9 Å². The first-order valence-corrected chi connectivity index (χ1v) is 12.1. The minimum atomic E-state index is -0.627. The van der Waals surface area contributed by atoms with Crippen molar-refractivity contribution in [2.24, 2.45) is 0 Å². The standard InChI is InChI=1S/C21H30N4O4S2/c1-20(2,3)28-12(26)11-30-19-23-16(25-9-7-8-10-25)13-14(22)15(31-17(13)24-19)18(27)29-21(4,5)6/h7-11,22H2,1-6H3. The Morgan fingerprint density at radius 1 is 1.06 bits per heavy atom. The Morgan fingerprint density at radius 3 is 2.26 bits per heavy atom. The van der Waals surface area contributed by atoms with Crippen LogP contribution in [0, 0.1) is 0 Å². The molecule has 0 amide bonds. The lowest BCUT2D eigenvalue weighted by Crippen LogP contribution is -2.25. The predicted octanol–water partition coefficient (Wildman–Crippen LogP) is 4.26. The highest BCUT2D eigenvalue weighted by molar-refractivity contribution is 7.99. The highest BCUT2D eigenvalue weighted by Crippen LogP contribution is 2.40. The van der Waals surface area contributed by atoms with Gasteiger partial charge in [-0.15, -0.1) is 11.3 Å². The molecule has 10 heteroatoms. The lowest BCUT2D eigenvalue weighted by Gasteiger charge is -2.20. The SMILES string of the molecule is CC(C)(C)OC(=O)CSc1nc(N2CCCC2)c2c(N)c(C(=O)OC(C)(C)C)sc2n1. The number of thioether (sulfide) groups is 1. The fourth-order valence-corrected chi connectivity index (χ4v) is 4.81. The van der Waals surface area contributed by atoms with Gasteiger partial charge in [-0.2, -0.15) is 0 Å². The second-order valence-electron chi connectivity index (χ2n) is 9.43. The number of thiophene rings is 1. The average Bonchev–Trinajstić information content (AvgIpc) is 3.25. The summed E-state index contributed by atoms with van der Waals surface area (Å²) in [7, 11) is 0. The van der Waals surface area contributed by atoms with Crippen molar-refractivity contribution in [2.75, 3.05) is 29.5 Å². The molecule has 0 radical (unpaired) electrons. The van der Waals surface area contributed by atoms with E-state index in [2.05, 4.69) is 9.88 Å². The number of hydrogen-bond donors (Lipinski definition) is 1. The van der Waals surface area contributed by atoms with Crippen LogP contribution in [0.4, 0.5) is 11.5 Å². The molecule has 0 aromatic carbocycles. The summed E-state index contributed by atoms with van der Waals surface area (Å²) >= 11 is 2.41. The predicted molar refractivity (Wildman–Crippen MR) is 125 cm³/mol. The number of rotatable bonds is 5. The van der Waals surface area contributed by atoms with Gasteiger partial charge in [0.25, 0.3) is 0 Å². The first-order valence-electron chi connectivity index (χ1n) is 10.3. The van der Waals surface area contributed by atoms with E-state index >= 15 is 0 Å². The lowest BCUT2D eigenvalue weighted by molar-refractivity contribution is -0.151. The fraction of sp³-hybridized carbons (Fsp3) is 0.619. The molecule has 0 atom stereocenters. The normalized spacial score (nSPS) is 14.8. The van der Waals surface area contributed by atoms with Crippen LogP contribution in [0.1, 0.15) is 64.1 Å². The van der Waals surface area contributed by atoms with Gasteiger partial charge in [-0.25, -0.2) is 14.8 Å². The molecule has 3 heterocycles. The molecule has 0 aliphatic carbocycles. The van der Waals surface area contributed by atoms with Gasteiger partial charge < -0.3 is 20.1 Å². The molecule has 1 fully saturated rings. The van der Waals surface area contributed by atoms with E-state index in [-0.39, 0.29) is 11.7 Å². The lowest BCUT2D eigenvalue weighted by atomic mass is 10.2. The van der Waals surface area contributed by atoms with Crippen LogP contribution < -0.4 is 10.6 Å². The second kappa shape index (κ2) is 8.82. The van der Waals surface area contributed by atoms with Gasteiger partial charge in [0.15, 0.2) is 5.16 Å². The molecule has 170 valence electrons. The molecule has 1 saturated heterocycles. The maximum atomic E-state index is 12.7. The van der Waals surface area contributed by atoms with Gasteiger partial charge in [-0.3, -0.25) is 4.79 Å². The summed E-state index contributed by atoms with van der Waals surface area (Å²) in [6, 6.07) is 0. The number of esters is 2. The van der Waals surface area contributed by atoms with Crippen molar-refractivity contribution in [3.8, 4) is 0 Å². The summed E-state index contributed by atoms with van der Waals surface area (Å²) in [4.78, 5) is 37.2. The van der Waals surface area contributed by atoms with Gasteiger partial charge in [0.1, 0.15) is 26.7 Å². The topological polar surface area (TPSA) is 108 Å². The van der Waals surface area contributed by atoms with Crippen LogP contribution in [0.5, 0.6) is 0 Å². The van der Waals surface area contributed by atoms with E-state index in [0.29, 0.717) is 31.8 Å². The maximum absolute atomic E-state index is 12.7. The third kappa shape index (κ3) is 6.00. The number of anilines is 2. The van der Waals surface area contributed by atoms with Gasteiger partial charge in [0.2, 0.25) is 0 Å². The van der Waals surface area contributed by atoms with Crippen LogP contribution in [0.25, 0.3) is 10.2 Å². The van der Waals surface area contributed by atoms with Gasteiger partial charge in [-0.05, 0) is 54.4 Å². The van der Waals surface area contributed by atoms with Crippen LogP contribution >= 0.6 is 23.1 Å². The minimum Gasteiger partial charge on any atom is -0.459 e. The van der Waals surface area contributed by atoms with Crippen molar-refractivity contribution in [1.82, 2.24) is 9.97 Å². The minimum absolute atomic E-state index is 0.0992. The van der Waals surface area contributed by atoms with E-state index in [1.165, 1.54) is 23.1 Å². The van der Waals surface area contributed by atoms with Crippen LogP contribution in [-0.4, -0.2) is 52.0 Å². The van der Waals surface area contributed by atoms with Crippen molar-refractivity contribution in [3.63, 3.8) is 0 Å². The third-order valence-corrected chi connectivity index (χ3v) is 6.18. The first kappa shape index (κ1) is 23.6. The molecule has 0 spiro atoms. The summed E-state index contributed by atoms with van der Waals surface area (Å²) < 4.78 is 10.9. The molecule has 0 bridgehead atoms. The van der Waals surface area contributed by atoms with Crippen LogP contribution in [0.3, 0.4) is 0 Å². The molecule has 0 saturated carbocycles. The number of carbonyl (C=O) groups is 2. The van der Waals surface area contributed by atoms with E-state index in [4.69, 9.17) is 20.2 Å². The highest BCUT2D eigenvalue weighted by Gasteiger charge is 2.28. The van der Waals surface area contributed by atoms with Crippen molar-refractivity contribution in [1.29, 1.82) is 0 Å². The zero-order valence-corrected chi connectivity index (χ0v) is 20.5. The van der Waals surface area contributed by atoms with Crippen LogP contribution in [-0.2, 0) is 14.3 Å². The Balaban J connectivity index is 1.96. The highest BCUT2D eigenvalue weighted by atomic mass is 32.2. The maximum Gasteiger partial charge on any atom is 0.351 e. The number of nitrogens with zero attached hydrogens (tertiary/aromatic N) is 3. The van der Waals surface area contributed by atoms with Crippen LogP contribution in [0.2, 0.25) is 0 Å². The molecule has 2 aromatic heterocycles. The van der Waals surface area contributed by atoms with Gasteiger partial charge in [0.05, 0.1) is 16.8 Å². The zero-order valence-electron chi connectivity index (χ0n) is 18.9. The van der Waals surface area contributed by atoms with Gasteiger partial charge in [-0.1, -0.05) is 11.8 Å². The van der Waals surface area contributed by atoms with Crippen molar-refractivity contribution < 1.29 is 19.1 Å². The van der Waals surface area contributed by atoms with Crippen molar-refractivity contribution in [2.45, 2.75) is 70.7 Å². The monoisotopic (exact) mass is 466 g/mol. The first-order chi connectivity index (χ1) is 14.3. The Kier molecular flexibility index (Phi) is 6.71. The number of hydrogen-bond acceptors (Lipinski definition) is 10. The number of ether oxygens (including phenoxy) is 2. The molecule has 8 nitrogen and oxygen atoms in total. The van der Waals surface area contributed by atoms with E-state index in [9.17, 15) is 9.59 Å². The summed E-state index contributed by atoms with van der Waals surface area (Å²) in [6.45, 7) is 12.7. The van der Waals surface area contributed by atoms with Crippen molar-refractivity contribution in [3.05, 3.63) is 4.88 Å². The third-order valence-electron chi connectivity index (χ3n) is 4.28. The Bertz CT molecular complexity index is 986. The van der Waals surface area contributed by atoms with E-state index < -0.39 is 17.2 Å². The molecule has 3 rings (SSSR count). The molecule has 2 aromatic rings. The van der Waals surface area contributed by atoms with Crippen LogP contribution in [0.15, 0.2) is 5.16 Å². The number of nitrogens with two attached hydrogens (primary N) is 1. The molecular formula is C21H30N4O4S2. The average molecular weight is 467 g/mol. The number of carbonyl (C=O) groups excluding carboxylic acids is 2. The van der Waals surface area contributed by atoms with Gasteiger partial charge >= 0.3 is 11.9 Å². The molecule has 1 aliphatic heterocycles. The van der Waals surface area contributed by atoms with E-state index in [1.54, 1.807) is 0 Å². The number of nitrogen functional groups attached to an aromatic ring is 1. The van der Waals surface area contributed by atoms with Crippen molar-refractivity contribution >= 4 is 56.8 Å². The molecule has 0 unspecified atom stereocenters. The summed E-state index contributed by atoms with van der Waals surface area (Å²) in [5.74, 6) is 0.00674. The molecule has 2 N–H and O–H groups in total. The van der Waals surface area contributed by atoms with E-state index in [1.807, 2.05) is 41.5 Å².